The average molecular weight is 911 g/mol. The monoisotopic (exact) mass is 911 g/mol. The zero-order valence-electron chi connectivity index (χ0n) is 43.2. The summed E-state index contributed by atoms with van der Waals surface area (Å²) in [4.78, 5) is 2.53. The summed E-state index contributed by atoms with van der Waals surface area (Å²) in [5, 5.41) is 10.1. The van der Waals surface area contributed by atoms with Crippen LogP contribution in [-0.2, 0) is 21.7 Å². The first kappa shape index (κ1) is 45.3. The predicted molar refractivity (Wildman–Crippen MR) is 305 cm³/mol. The second-order valence-electron chi connectivity index (χ2n) is 24.0. The van der Waals surface area contributed by atoms with Gasteiger partial charge in [0.2, 0.25) is 0 Å². The molecule has 1 aromatic heterocycles. The summed E-state index contributed by atoms with van der Waals surface area (Å²) in [6, 6.07) is 69.4. The van der Waals surface area contributed by atoms with Crippen molar-refractivity contribution in [2.24, 2.45) is 0 Å². The fourth-order valence-electron chi connectivity index (χ4n) is 10.8. The number of nitrogens with zero attached hydrogens (tertiary/aromatic N) is 2. The smallest absolute Gasteiger partial charge is 0.0541 e. The fourth-order valence-corrected chi connectivity index (χ4v) is 10.8. The summed E-state index contributed by atoms with van der Waals surface area (Å²) in [5.41, 5.74) is 17.3. The first-order chi connectivity index (χ1) is 33.2. The summed E-state index contributed by atoms with van der Waals surface area (Å²) in [7, 11) is 0. The molecule has 11 aromatic rings. The van der Waals surface area contributed by atoms with Gasteiger partial charge in [-0.1, -0.05) is 223 Å². The van der Waals surface area contributed by atoms with Gasteiger partial charge in [-0.2, -0.15) is 0 Å². The molecule has 0 unspecified atom stereocenters. The van der Waals surface area contributed by atoms with Crippen LogP contribution in [0.1, 0.15) is 105 Å². The van der Waals surface area contributed by atoms with E-state index in [2.05, 4.69) is 275 Å². The van der Waals surface area contributed by atoms with Gasteiger partial charge in [0.25, 0.3) is 0 Å². The van der Waals surface area contributed by atoms with E-state index in [9.17, 15) is 0 Å². The number of aromatic nitrogens is 1. The molecular formula is C68H66N2. The van der Waals surface area contributed by atoms with Crippen LogP contribution >= 0.6 is 0 Å². The normalized spacial score (nSPS) is 12.9. The van der Waals surface area contributed by atoms with E-state index in [-0.39, 0.29) is 21.7 Å². The Balaban J connectivity index is 1.17. The number of rotatable bonds is 6. The molecule has 0 saturated carbocycles. The zero-order chi connectivity index (χ0) is 49.1. The maximum absolute atomic E-state index is 2.53. The Morgan fingerprint density at radius 2 is 0.771 bits per heavy atom. The van der Waals surface area contributed by atoms with Gasteiger partial charge in [0, 0.05) is 32.8 Å². The first-order valence-corrected chi connectivity index (χ1v) is 25.3. The van der Waals surface area contributed by atoms with Gasteiger partial charge < -0.3 is 9.47 Å². The first-order valence-electron chi connectivity index (χ1n) is 25.3. The summed E-state index contributed by atoms with van der Waals surface area (Å²) >= 11 is 0. The zero-order valence-corrected chi connectivity index (χ0v) is 43.2. The summed E-state index contributed by atoms with van der Waals surface area (Å²) in [6.45, 7) is 27.9. The lowest BCUT2D eigenvalue weighted by Crippen LogP contribution is -2.17. The van der Waals surface area contributed by atoms with E-state index in [1.807, 2.05) is 0 Å². The van der Waals surface area contributed by atoms with Crippen LogP contribution < -0.4 is 4.90 Å². The number of benzene rings is 10. The Kier molecular flexibility index (Phi) is 10.5. The molecule has 2 nitrogen and oxygen atoms in total. The number of para-hydroxylation sites is 3. The van der Waals surface area contributed by atoms with E-state index in [4.69, 9.17) is 0 Å². The summed E-state index contributed by atoms with van der Waals surface area (Å²) < 4.78 is 2.47. The van der Waals surface area contributed by atoms with Gasteiger partial charge in [-0.25, -0.2) is 0 Å². The maximum atomic E-state index is 2.53. The molecular weight excluding hydrogens is 845 g/mol. The second kappa shape index (κ2) is 16.2. The molecule has 348 valence electrons. The second-order valence-corrected chi connectivity index (χ2v) is 24.0. The van der Waals surface area contributed by atoms with Crippen molar-refractivity contribution in [2.45, 2.75) is 105 Å². The van der Waals surface area contributed by atoms with Crippen molar-refractivity contribution >= 4 is 71.2 Å². The number of hydrogen-bond acceptors (Lipinski definition) is 1. The highest BCUT2D eigenvalue weighted by molar-refractivity contribution is 6.27. The molecule has 0 radical (unpaired) electrons. The van der Waals surface area contributed by atoms with Crippen LogP contribution in [0.5, 0.6) is 0 Å². The molecule has 0 aliphatic carbocycles. The van der Waals surface area contributed by atoms with Gasteiger partial charge in [0.05, 0.1) is 28.1 Å². The van der Waals surface area contributed by atoms with Crippen LogP contribution in [0.15, 0.2) is 182 Å². The van der Waals surface area contributed by atoms with E-state index in [0.717, 1.165) is 17.1 Å². The Bertz CT molecular complexity index is 3680. The minimum absolute atomic E-state index is 0.0207. The number of hydrogen-bond donors (Lipinski definition) is 0. The van der Waals surface area contributed by atoms with Gasteiger partial charge >= 0.3 is 0 Å². The highest BCUT2D eigenvalue weighted by Crippen LogP contribution is 2.49. The Morgan fingerprint density at radius 3 is 1.31 bits per heavy atom. The Morgan fingerprint density at radius 1 is 0.329 bits per heavy atom. The van der Waals surface area contributed by atoms with Gasteiger partial charge in [0.15, 0.2) is 0 Å². The van der Waals surface area contributed by atoms with Crippen LogP contribution in [0.25, 0.3) is 82.1 Å². The van der Waals surface area contributed by atoms with Crippen molar-refractivity contribution in [1.82, 2.24) is 4.57 Å². The highest BCUT2D eigenvalue weighted by atomic mass is 15.1. The van der Waals surface area contributed by atoms with E-state index in [0.29, 0.717) is 0 Å². The molecule has 0 bridgehead atoms. The SMILES string of the molecule is CC(C)(C)c1cc(-c2ccc(N(c3ccccc3-c3cc(C(C)(C)C)cc(C(C)(C)C)c3)c3ccc4ccc5c(-n6c7ccccc7c7ccccc76)ccc6ccc3c4c65)cc2)cc(C(C)(C)C)c1. The van der Waals surface area contributed by atoms with E-state index >= 15 is 0 Å². The molecule has 0 atom stereocenters. The summed E-state index contributed by atoms with van der Waals surface area (Å²) in [6.07, 6.45) is 0. The average Bonchev–Trinajstić information content (AvgIpc) is 3.66. The lowest BCUT2D eigenvalue weighted by atomic mass is 9.78. The molecule has 0 aliphatic heterocycles. The van der Waals surface area contributed by atoms with Crippen molar-refractivity contribution in [3.8, 4) is 27.9 Å². The molecule has 0 amide bonds. The van der Waals surface area contributed by atoms with Crippen molar-refractivity contribution in [1.29, 1.82) is 0 Å². The van der Waals surface area contributed by atoms with E-state index in [1.165, 1.54) is 104 Å². The maximum Gasteiger partial charge on any atom is 0.0541 e. The molecule has 0 spiro atoms. The van der Waals surface area contributed by atoms with Gasteiger partial charge in [-0.3, -0.25) is 0 Å². The van der Waals surface area contributed by atoms with Gasteiger partial charge in [0.1, 0.15) is 0 Å². The minimum atomic E-state index is -0.0260. The van der Waals surface area contributed by atoms with Crippen molar-refractivity contribution in [3.63, 3.8) is 0 Å². The van der Waals surface area contributed by atoms with Crippen molar-refractivity contribution in [3.05, 3.63) is 204 Å². The van der Waals surface area contributed by atoms with Crippen LogP contribution in [0.2, 0.25) is 0 Å². The lowest BCUT2D eigenvalue weighted by Gasteiger charge is -2.31. The molecule has 0 aliphatic rings. The quantitative estimate of drug-likeness (QED) is 0.151. The highest BCUT2D eigenvalue weighted by Gasteiger charge is 2.27. The topological polar surface area (TPSA) is 8.17 Å². The Hall–Kier alpha value is -7.16. The molecule has 0 fully saturated rings. The van der Waals surface area contributed by atoms with E-state index in [1.54, 1.807) is 0 Å². The Labute approximate surface area is 415 Å². The number of fused-ring (bicyclic) bond motifs is 3. The molecule has 1 heterocycles. The van der Waals surface area contributed by atoms with Gasteiger partial charge in [-0.15, -0.1) is 0 Å². The van der Waals surface area contributed by atoms with Crippen LogP contribution in [0.4, 0.5) is 17.1 Å². The largest absolute Gasteiger partial charge is 0.309 e. The van der Waals surface area contributed by atoms with Crippen molar-refractivity contribution < 1.29 is 0 Å². The third-order valence-corrected chi connectivity index (χ3v) is 14.9. The minimum Gasteiger partial charge on any atom is -0.309 e. The fraction of sp³-hybridized carbons (Fsp3) is 0.235. The standard InChI is InChI=1S/C68H66N2/c1-65(2,3)48-37-46(38-49(41-48)66(4,5)6)43-25-31-52(32-26-43)69(58-22-16-13-19-53(58)47-39-50(67(7,8)9)42-51(40-47)68(10,11)12)61-35-29-44-28-34-57-62(36-30-45-27-33-56(61)63(44)64(45)57)70-59-23-17-14-20-54(59)55-21-15-18-24-60(55)70/h13-42H,1-12H3. The van der Waals surface area contributed by atoms with Crippen molar-refractivity contribution in [2.75, 3.05) is 4.90 Å². The van der Waals surface area contributed by atoms with Gasteiger partial charge in [-0.05, 0) is 125 Å². The third kappa shape index (κ3) is 7.73. The molecule has 2 heteroatoms. The molecule has 11 rings (SSSR count). The summed E-state index contributed by atoms with van der Waals surface area (Å²) in [5.74, 6) is 0. The third-order valence-electron chi connectivity index (χ3n) is 14.9. The van der Waals surface area contributed by atoms with Crippen LogP contribution in [0.3, 0.4) is 0 Å². The molecule has 0 saturated heterocycles. The molecule has 0 N–H and O–H groups in total. The number of anilines is 3. The molecule has 70 heavy (non-hydrogen) atoms. The van der Waals surface area contributed by atoms with Crippen LogP contribution in [-0.4, -0.2) is 4.57 Å². The lowest BCUT2D eigenvalue weighted by molar-refractivity contribution is 0.568. The predicted octanol–water partition coefficient (Wildman–Crippen LogP) is 19.7. The van der Waals surface area contributed by atoms with Crippen LogP contribution in [0, 0.1) is 0 Å². The molecule has 10 aromatic carbocycles. The van der Waals surface area contributed by atoms with E-state index < -0.39 is 0 Å².